The number of esters is 1. The molecule has 0 bridgehead atoms. The van der Waals surface area contributed by atoms with Crippen molar-refractivity contribution >= 4 is 17.6 Å². The Morgan fingerprint density at radius 3 is 2.78 bits per heavy atom. The van der Waals surface area contributed by atoms with Crippen LogP contribution in [0.25, 0.3) is 0 Å². The molecule has 5 heteroatoms. The van der Waals surface area contributed by atoms with E-state index in [4.69, 9.17) is 11.6 Å². The third-order valence-electron chi connectivity index (χ3n) is 2.70. The largest absolute Gasteiger partial charge is 0.469 e. The summed E-state index contributed by atoms with van der Waals surface area (Å²) in [4.78, 5) is 13.1. The van der Waals surface area contributed by atoms with Crippen molar-refractivity contribution in [3.63, 3.8) is 0 Å². The first-order chi connectivity index (χ1) is 8.56. The zero-order valence-corrected chi connectivity index (χ0v) is 11.3. The van der Waals surface area contributed by atoms with Crippen LogP contribution in [0.1, 0.15) is 18.9 Å². The van der Waals surface area contributed by atoms with E-state index in [1.165, 1.54) is 13.2 Å². The SMILES string of the molecule is CCN(CCC(=O)OC)Cc1ccc(F)c(Cl)c1. The van der Waals surface area contributed by atoms with Gasteiger partial charge in [0.25, 0.3) is 0 Å². The van der Waals surface area contributed by atoms with E-state index in [-0.39, 0.29) is 11.0 Å². The van der Waals surface area contributed by atoms with Crippen LogP contribution in [-0.4, -0.2) is 31.1 Å². The van der Waals surface area contributed by atoms with Gasteiger partial charge in [-0.2, -0.15) is 0 Å². The third kappa shape index (κ3) is 4.63. The second-order valence-electron chi connectivity index (χ2n) is 3.94. The molecule has 0 aliphatic heterocycles. The van der Waals surface area contributed by atoms with E-state index in [1.807, 2.05) is 6.92 Å². The summed E-state index contributed by atoms with van der Waals surface area (Å²) in [6.45, 7) is 4.04. The molecule has 0 atom stereocenters. The van der Waals surface area contributed by atoms with Crippen molar-refractivity contribution < 1.29 is 13.9 Å². The lowest BCUT2D eigenvalue weighted by atomic mass is 10.2. The van der Waals surface area contributed by atoms with Gasteiger partial charge in [0.15, 0.2) is 0 Å². The monoisotopic (exact) mass is 273 g/mol. The van der Waals surface area contributed by atoms with E-state index < -0.39 is 5.82 Å². The maximum absolute atomic E-state index is 13.0. The first-order valence-electron chi connectivity index (χ1n) is 5.80. The van der Waals surface area contributed by atoms with Crippen LogP contribution < -0.4 is 0 Å². The number of halogens is 2. The quantitative estimate of drug-likeness (QED) is 0.747. The molecule has 0 amide bonds. The zero-order chi connectivity index (χ0) is 13.5. The van der Waals surface area contributed by atoms with E-state index in [0.717, 1.165) is 12.1 Å². The molecule has 0 aromatic heterocycles. The predicted molar refractivity (Wildman–Crippen MR) is 69.0 cm³/mol. The van der Waals surface area contributed by atoms with Crippen molar-refractivity contribution in [3.05, 3.63) is 34.6 Å². The van der Waals surface area contributed by atoms with E-state index in [2.05, 4.69) is 9.64 Å². The van der Waals surface area contributed by atoms with Crippen molar-refractivity contribution in [1.82, 2.24) is 4.90 Å². The number of carbonyl (C=O) groups excluding carboxylic acids is 1. The minimum Gasteiger partial charge on any atom is -0.469 e. The number of hydrogen-bond donors (Lipinski definition) is 0. The van der Waals surface area contributed by atoms with Crippen LogP contribution >= 0.6 is 11.6 Å². The van der Waals surface area contributed by atoms with Crippen LogP contribution in [0, 0.1) is 5.82 Å². The molecule has 18 heavy (non-hydrogen) atoms. The molecule has 0 fully saturated rings. The van der Waals surface area contributed by atoms with Gasteiger partial charge in [0.1, 0.15) is 5.82 Å². The fourth-order valence-corrected chi connectivity index (χ4v) is 1.80. The Morgan fingerprint density at radius 1 is 1.50 bits per heavy atom. The Labute approximate surface area is 111 Å². The molecule has 0 heterocycles. The molecule has 0 radical (unpaired) electrons. The van der Waals surface area contributed by atoms with E-state index in [9.17, 15) is 9.18 Å². The van der Waals surface area contributed by atoms with Gasteiger partial charge in [-0.1, -0.05) is 24.6 Å². The highest BCUT2D eigenvalue weighted by atomic mass is 35.5. The van der Waals surface area contributed by atoms with Gasteiger partial charge in [-0.15, -0.1) is 0 Å². The van der Waals surface area contributed by atoms with Crippen molar-refractivity contribution in [2.75, 3.05) is 20.2 Å². The molecule has 1 aromatic carbocycles. The van der Waals surface area contributed by atoms with Crippen LogP contribution in [0.3, 0.4) is 0 Å². The third-order valence-corrected chi connectivity index (χ3v) is 2.99. The highest BCUT2D eigenvalue weighted by molar-refractivity contribution is 6.30. The van der Waals surface area contributed by atoms with Crippen LogP contribution in [0.5, 0.6) is 0 Å². The fraction of sp³-hybridized carbons (Fsp3) is 0.462. The molecule has 0 saturated heterocycles. The average Bonchev–Trinajstić information content (AvgIpc) is 2.38. The summed E-state index contributed by atoms with van der Waals surface area (Å²) in [5, 5.41) is 0.122. The molecule has 0 N–H and O–H groups in total. The summed E-state index contributed by atoms with van der Waals surface area (Å²) < 4.78 is 17.6. The number of carbonyl (C=O) groups is 1. The Morgan fingerprint density at radius 2 is 2.22 bits per heavy atom. The smallest absolute Gasteiger partial charge is 0.306 e. The van der Waals surface area contributed by atoms with Gasteiger partial charge >= 0.3 is 5.97 Å². The van der Waals surface area contributed by atoms with Crippen LogP contribution in [-0.2, 0) is 16.1 Å². The number of hydrogen-bond acceptors (Lipinski definition) is 3. The molecule has 0 unspecified atom stereocenters. The Kier molecular flexibility index (Phi) is 6.09. The minimum absolute atomic E-state index is 0.122. The second kappa shape index (κ2) is 7.34. The summed E-state index contributed by atoms with van der Waals surface area (Å²) >= 11 is 5.72. The molecule has 100 valence electrons. The predicted octanol–water partition coefficient (Wildman–Crippen LogP) is 2.86. The minimum atomic E-state index is -0.418. The lowest BCUT2D eigenvalue weighted by Crippen LogP contribution is -2.26. The van der Waals surface area contributed by atoms with Gasteiger partial charge in [0.05, 0.1) is 18.6 Å². The summed E-state index contributed by atoms with van der Waals surface area (Å²) in [6.07, 6.45) is 0.346. The molecule has 0 aliphatic carbocycles. The van der Waals surface area contributed by atoms with Crippen molar-refractivity contribution in [3.8, 4) is 0 Å². The summed E-state index contributed by atoms with van der Waals surface area (Å²) in [5.41, 5.74) is 0.924. The first kappa shape index (κ1) is 14.9. The topological polar surface area (TPSA) is 29.5 Å². The number of ether oxygens (including phenoxy) is 1. The second-order valence-corrected chi connectivity index (χ2v) is 4.35. The van der Waals surface area contributed by atoms with Crippen LogP contribution in [0.2, 0.25) is 5.02 Å². The normalized spacial score (nSPS) is 10.7. The van der Waals surface area contributed by atoms with Crippen LogP contribution in [0.15, 0.2) is 18.2 Å². The summed E-state index contributed by atoms with van der Waals surface area (Å²) in [7, 11) is 1.37. The number of rotatable bonds is 6. The van der Waals surface area contributed by atoms with Crippen LogP contribution in [0.4, 0.5) is 4.39 Å². The average molecular weight is 274 g/mol. The van der Waals surface area contributed by atoms with Gasteiger partial charge in [0, 0.05) is 13.1 Å². The lowest BCUT2D eigenvalue weighted by Gasteiger charge is -2.19. The standard InChI is InChI=1S/C13H17ClFNO2/c1-3-16(7-6-13(17)18-2)9-10-4-5-12(15)11(14)8-10/h4-5,8H,3,6-7,9H2,1-2H3. The molecule has 1 aromatic rings. The van der Waals surface area contributed by atoms with Crippen molar-refractivity contribution in [2.45, 2.75) is 19.9 Å². The molecule has 3 nitrogen and oxygen atoms in total. The summed E-state index contributed by atoms with van der Waals surface area (Å²) in [5.74, 6) is -0.649. The number of methoxy groups -OCH3 is 1. The first-order valence-corrected chi connectivity index (χ1v) is 6.17. The van der Waals surface area contributed by atoms with Crippen molar-refractivity contribution in [1.29, 1.82) is 0 Å². The molecule has 1 rings (SSSR count). The molecular formula is C13H17ClFNO2. The maximum atomic E-state index is 13.0. The fourth-order valence-electron chi connectivity index (χ4n) is 1.60. The van der Waals surface area contributed by atoms with Gasteiger partial charge < -0.3 is 4.74 Å². The Bertz CT molecular complexity index is 412. The Hall–Kier alpha value is -1.13. The van der Waals surface area contributed by atoms with E-state index in [1.54, 1.807) is 12.1 Å². The maximum Gasteiger partial charge on any atom is 0.306 e. The Balaban J connectivity index is 2.56. The molecule has 0 saturated carbocycles. The highest BCUT2D eigenvalue weighted by Gasteiger charge is 2.08. The van der Waals surface area contributed by atoms with Gasteiger partial charge in [0.2, 0.25) is 0 Å². The number of benzene rings is 1. The summed E-state index contributed by atoms with van der Waals surface area (Å²) in [6, 6.07) is 4.66. The van der Waals surface area contributed by atoms with Gasteiger partial charge in [-0.05, 0) is 24.2 Å². The highest BCUT2D eigenvalue weighted by Crippen LogP contribution is 2.17. The zero-order valence-electron chi connectivity index (χ0n) is 10.6. The van der Waals surface area contributed by atoms with E-state index in [0.29, 0.717) is 19.5 Å². The lowest BCUT2D eigenvalue weighted by molar-refractivity contribution is -0.141. The van der Waals surface area contributed by atoms with Gasteiger partial charge in [-0.25, -0.2) is 4.39 Å². The van der Waals surface area contributed by atoms with Crippen molar-refractivity contribution in [2.24, 2.45) is 0 Å². The van der Waals surface area contributed by atoms with E-state index >= 15 is 0 Å². The molecule has 0 aliphatic rings. The molecular weight excluding hydrogens is 257 g/mol. The van der Waals surface area contributed by atoms with Gasteiger partial charge in [-0.3, -0.25) is 9.69 Å². The molecule has 0 spiro atoms. The number of nitrogens with zero attached hydrogens (tertiary/aromatic N) is 1.